The Balaban J connectivity index is 1.87. The van der Waals surface area contributed by atoms with Gasteiger partial charge < -0.3 is 10.4 Å². The Morgan fingerprint density at radius 1 is 0.800 bits per heavy atom. The van der Waals surface area contributed by atoms with E-state index in [0.29, 0.717) is 23.2 Å². The summed E-state index contributed by atoms with van der Waals surface area (Å²) in [5.74, 6) is 1.87. The summed E-state index contributed by atoms with van der Waals surface area (Å²) in [5.41, 5.74) is 1.48. The standard InChI is InChI=1S/C19H15N5O/c25-16-11-5-4-10-15(16)18-22-23-19(21-17-12-6-7-13-20-17)24(18)14-8-2-1-3-9-14/h1-13,25H,(H,20,21,23). The van der Waals surface area contributed by atoms with Crippen molar-refractivity contribution in [2.45, 2.75) is 0 Å². The summed E-state index contributed by atoms with van der Waals surface area (Å²) in [6.45, 7) is 0. The molecule has 0 atom stereocenters. The van der Waals surface area contributed by atoms with E-state index in [1.54, 1.807) is 18.3 Å². The van der Waals surface area contributed by atoms with Crippen LogP contribution >= 0.6 is 0 Å². The maximum atomic E-state index is 10.2. The molecule has 6 heteroatoms. The van der Waals surface area contributed by atoms with Gasteiger partial charge in [-0.15, -0.1) is 10.2 Å². The minimum absolute atomic E-state index is 0.150. The zero-order chi connectivity index (χ0) is 17.1. The van der Waals surface area contributed by atoms with Crippen LogP contribution in [0, 0.1) is 0 Å². The van der Waals surface area contributed by atoms with Crippen molar-refractivity contribution in [2.24, 2.45) is 0 Å². The summed E-state index contributed by atoms with van der Waals surface area (Å²) >= 11 is 0. The number of pyridine rings is 1. The fraction of sp³-hybridized carbons (Fsp3) is 0. The van der Waals surface area contributed by atoms with Gasteiger partial charge in [0.05, 0.1) is 11.3 Å². The summed E-state index contributed by atoms with van der Waals surface area (Å²) in [6, 6.07) is 22.4. The number of hydrogen-bond acceptors (Lipinski definition) is 5. The summed E-state index contributed by atoms with van der Waals surface area (Å²) in [7, 11) is 0. The van der Waals surface area contributed by atoms with E-state index in [0.717, 1.165) is 5.69 Å². The van der Waals surface area contributed by atoms with Crippen molar-refractivity contribution in [1.82, 2.24) is 19.7 Å². The molecule has 0 amide bonds. The average Bonchev–Trinajstić information content (AvgIpc) is 3.07. The van der Waals surface area contributed by atoms with E-state index < -0.39 is 0 Å². The van der Waals surface area contributed by atoms with E-state index in [2.05, 4.69) is 20.5 Å². The van der Waals surface area contributed by atoms with E-state index in [4.69, 9.17) is 0 Å². The number of nitrogens with zero attached hydrogens (tertiary/aromatic N) is 4. The van der Waals surface area contributed by atoms with Crippen molar-refractivity contribution in [3.63, 3.8) is 0 Å². The summed E-state index contributed by atoms with van der Waals surface area (Å²) < 4.78 is 1.85. The number of phenols is 1. The normalized spacial score (nSPS) is 10.6. The molecule has 122 valence electrons. The summed E-state index contributed by atoms with van der Waals surface area (Å²) in [6.07, 6.45) is 1.70. The van der Waals surface area contributed by atoms with Gasteiger partial charge in [0.1, 0.15) is 11.6 Å². The largest absolute Gasteiger partial charge is 0.507 e. The van der Waals surface area contributed by atoms with Gasteiger partial charge in [0, 0.05) is 6.20 Å². The van der Waals surface area contributed by atoms with Crippen molar-refractivity contribution in [3.8, 4) is 22.8 Å². The summed E-state index contributed by atoms with van der Waals surface area (Å²) in [4.78, 5) is 4.27. The number of anilines is 2. The number of aromatic nitrogens is 4. The van der Waals surface area contributed by atoms with Crippen LogP contribution < -0.4 is 5.32 Å². The molecule has 2 N–H and O–H groups in total. The van der Waals surface area contributed by atoms with Crippen molar-refractivity contribution in [3.05, 3.63) is 79.0 Å². The smallest absolute Gasteiger partial charge is 0.235 e. The van der Waals surface area contributed by atoms with E-state index in [9.17, 15) is 5.11 Å². The lowest BCUT2D eigenvalue weighted by atomic mass is 10.2. The van der Waals surface area contributed by atoms with Gasteiger partial charge >= 0.3 is 0 Å². The van der Waals surface area contributed by atoms with E-state index in [1.807, 2.05) is 65.2 Å². The second-order valence-electron chi connectivity index (χ2n) is 5.38. The first-order valence-corrected chi connectivity index (χ1v) is 7.80. The lowest BCUT2D eigenvalue weighted by Gasteiger charge is -2.12. The van der Waals surface area contributed by atoms with Gasteiger partial charge in [-0.25, -0.2) is 4.98 Å². The van der Waals surface area contributed by atoms with Crippen LogP contribution in [0.25, 0.3) is 17.1 Å². The number of aromatic hydroxyl groups is 1. The Morgan fingerprint density at radius 3 is 2.32 bits per heavy atom. The molecule has 4 aromatic rings. The third-order valence-electron chi connectivity index (χ3n) is 3.73. The van der Waals surface area contributed by atoms with Gasteiger partial charge in [-0.3, -0.25) is 4.57 Å². The number of nitrogens with one attached hydrogen (secondary N) is 1. The molecular weight excluding hydrogens is 314 g/mol. The maximum absolute atomic E-state index is 10.2. The second kappa shape index (κ2) is 6.45. The highest BCUT2D eigenvalue weighted by Gasteiger charge is 2.18. The van der Waals surface area contributed by atoms with Crippen molar-refractivity contribution >= 4 is 11.8 Å². The van der Waals surface area contributed by atoms with Crippen LogP contribution in [0.3, 0.4) is 0 Å². The van der Waals surface area contributed by atoms with Gasteiger partial charge in [0.2, 0.25) is 5.95 Å². The van der Waals surface area contributed by atoms with Crippen LogP contribution in [0.1, 0.15) is 0 Å². The summed E-state index contributed by atoms with van der Waals surface area (Å²) in [5, 5.41) is 21.9. The Bertz CT molecular complexity index is 983. The van der Waals surface area contributed by atoms with Gasteiger partial charge in [0.15, 0.2) is 5.82 Å². The van der Waals surface area contributed by atoms with Crippen LogP contribution in [0.2, 0.25) is 0 Å². The van der Waals surface area contributed by atoms with E-state index in [1.165, 1.54) is 0 Å². The Labute approximate surface area is 144 Å². The molecule has 0 saturated heterocycles. The molecule has 2 heterocycles. The van der Waals surface area contributed by atoms with Crippen LogP contribution in [0.5, 0.6) is 5.75 Å². The predicted molar refractivity (Wildman–Crippen MR) is 96.0 cm³/mol. The molecule has 0 aliphatic heterocycles. The topological polar surface area (TPSA) is 75.9 Å². The molecule has 0 unspecified atom stereocenters. The number of para-hydroxylation sites is 2. The van der Waals surface area contributed by atoms with Gasteiger partial charge in [-0.2, -0.15) is 0 Å². The molecule has 0 bridgehead atoms. The number of phenolic OH excluding ortho intramolecular Hbond substituents is 1. The van der Waals surface area contributed by atoms with Crippen LogP contribution in [-0.2, 0) is 0 Å². The number of hydrogen-bond donors (Lipinski definition) is 2. The molecule has 6 nitrogen and oxygen atoms in total. The lowest BCUT2D eigenvalue weighted by Crippen LogP contribution is -2.04. The predicted octanol–water partition coefficient (Wildman–Crippen LogP) is 3.78. The Morgan fingerprint density at radius 2 is 1.56 bits per heavy atom. The highest BCUT2D eigenvalue weighted by atomic mass is 16.3. The first-order chi connectivity index (χ1) is 12.3. The Hall–Kier alpha value is -3.67. The number of rotatable bonds is 4. The minimum Gasteiger partial charge on any atom is -0.507 e. The van der Waals surface area contributed by atoms with Crippen molar-refractivity contribution < 1.29 is 5.11 Å². The SMILES string of the molecule is Oc1ccccc1-c1nnc(Nc2ccccn2)n1-c1ccccc1. The van der Waals surface area contributed by atoms with Crippen LogP contribution in [0.4, 0.5) is 11.8 Å². The molecule has 4 rings (SSSR count). The maximum Gasteiger partial charge on any atom is 0.235 e. The van der Waals surface area contributed by atoms with E-state index in [-0.39, 0.29) is 5.75 Å². The second-order valence-corrected chi connectivity index (χ2v) is 5.38. The zero-order valence-corrected chi connectivity index (χ0v) is 13.2. The molecule has 0 aliphatic rings. The Kier molecular flexibility index (Phi) is 3.84. The van der Waals surface area contributed by atoms with Gasteiger partial charge in [-0.05, 0) is 36.4 Å². The van der Waals surface area contributed by atoms with Crippen molar-refractivity contribution in [1.29, 1.82) is 0 Å². The number of benzene rings is 2. The van der Waals surface area contributed by atoms with Gasteiger partial charge in [0.25, 0.3) is 0 Å². The first kappa shape index (κ1) is 14.9. The average molecular weight is 329 g/mol. The molecular formula is C19H15N5O. The molecule has 0 spiro atoms. The fourth-order valence-corrected chi connectivity index (χ4v) is 2.58. The van der Waals surface area contributed by atoms with Crippen LogP contribution in [-0.4, -0.2) is 24.9 Å². The van der Waals surface area contributed by atoms with E-state index >= 15 is 0 Å². The molecule has 0 saturated carbocycles. The third-order valence-corrected chi connectivity index (χ3v) is 3.73. The lowest BCUT2D eigenvalue weighted by molar-refractivity contribution is 0.476. The molecule has 2 aromatic heterocycles. The highest BCUT2D eigenvalue weighted by molar-refractivity contribution is 5.68. The molecule has 0 aliphatic carbocycles. The van der Waals surface area contributed by atoms with Gasteiger partial charge in [-0.1, -0.05) is 36.4 Å². The van der Waals surface area contributed by atoms with Crippen LogP contribution in [0.15, 0.2) is 79.0 Å². The minimum atomic E-state index is 0.150. The fourth-order valence-electron chi connectivity index (χ4n) is 2.58. The molecule has 2 aromatic carbocycles. The zero-order valence-electron chi connectivity index (χ0n) is 13.2. The third kappa shape index (κ3) is 2.92. The molecule has 25 heavy (non-hydrogen) atoms. The first-order valence-electron chi connectivity index (χ1n) is 7.80. The van der Waals surface area contributed by atoms with Crippen molar-refractivity contribution in [2.75, 3.05) is 5.32 Å². The quantitative estimate of drug-likeness (QED) is 0.596. The molecule has 0 fully saturated rings. The molecule has 0 radical (unpaired) electrons. The highest BCUT2D eigenvalue weighted by Crippen LogP contribution is 2.31. The monoisotopic (exact) mass is 329 g/mol.